The summed E-state index contributed by atoms with van der Waals surface area (Å²) in [5, 5.41) is 23.1. The minimum atomic E-state index is -0.841. The van der Waals surface area contributed by atoms with Gasteiger partial charge in [0, 0.05) is 12.8 Å². The maximum atomic E-state index is 12.4. The van der Waals surface area contributed by atoms with E-state index in [4.69, 9.17) is 4.74 Å². The summed E-state index contributed by atoms with van der Waals surface area (Å²) >= 11 is 0. The number of aliphatic hydroxyl groups is 2. The molecule has 1 amide bonds. The fraction of sp³-hybridized carbons (Fsp3) is 0.896. The molecule has 0 rings (SSSR count). The van der Waals surface area contributed by atoms with Crippen LogP contribution in [0.2, 0.25) is 0 Å². The first-order chi connectivity index (χ1) is 41.0. The average Bonchev–Trinajstić information content (AvgIpc) is 3.50. The van der Waals surface area contributed by atoms with Gasteiger partial charge in [-0.15, -0.1) is 0 Å². The molecule has 6 heteroatoms. The molecule has 0 spiro atoms. The molecule has 6 nitrogen and oxygen atoms in total. The quantitative estimate of drug-likeness (QED) is 0.0320. The molecular formula is C77H147NO5. The van der Waals surface area contributed by atoms with Gasteiger partial charge in [-0.3, -0.25) is 9.59 Å². The van der Waals surface area contributed by atoms with Gasteiger partial charge in [0.1, 0.15) is 0 Å². The van der Waals surface area contributed by atoms with Gasteiger partial charge in [-0.2, -0.15) is 0 Å². The summed E-state index contributed by atoms with van der Waals surface area (Å²) in [5.41, 5.74) is 0. The maximum Gasteiger partial charge on any atom is 0.305 e. The Bertz CT molecular complexity index is 1340. The molecule has 0 aliphatic carbocycles. The van der Waals surface area contributed by atoms with Crippen LogP contribution in [0.15, 0.2) is 36.5 Å². The third kappa shape index (κ3) is 69.1. The van der Waals surface area contributed by atoms with Gasteiger partial charge in [0.05, 0.1) is 25.4 Å². The van der Waals surface area contributed by atoms with Gasteiger partial charge in [0.2, 0.25) is 5.91 Å². The summed E-state index contributed by atoms with van der Waals surface area (Å²) in [5.74, 6) is -0.0414. The van der Waals surface area contributed by atoms with Crippen molar-refractivity contribution in [3.05, 3.63) is 36.5 Å². The summed E-state index contributed by atoms with van der Waals surface area (Å²) in [6.07, 6.45) is 94.1. The molecule has 0 aliphatic rings. The number of aliphatic hydroxyl groups excluding tert-OH is 2. The van der Waals surface area contributed by atoms with Crippen molar-refractivity contribution in [1.29, 1.82) is 0 Å². The molecule has 0 aromatic rings. The highest BCUT2D eigenvalue weighted by Gasteiger charge is 2.18. The van der Waals surface area contributed by atoms with Crippen LogP contribution in [0, 0.1) is 0 Å². The van der Waals surface area contributed by atoms with Crippen LogP contribution >= 0.6 is 0 Å². The second kappa shape index (κ2) is 72.6. The Hall–Kier alpha value is -1.92. The van der Waals surface area contributed by atoms with Gasteiger partial charge >= 0.3 is 5.97 Å². The molecule has 2 atom stereocenters. The van der Waals surface area contributed by atoms with Crippen molar-refractivity contribution in [2.45, 2.75) is 431 Å². The van der Waals surface area contributed by atoms with E-state index in [9.17, 15) is 19.8 Å². The molecule has 83 heavy (non-hydrogen) atoms. The van der Waals surface area contributed by atoms with Crippen LogP contribution in [0.25, 0.3) is 0 Å². The van der Waals surface area contributed by atoms with E-state index in [2.05, 4.69) is 43.5 Å². The zero-order chi connectivity index (χ0) is 59.9. The minimum Gasteiger partial charge on any atom is -0.466 e. The lowest BCUT2D eigenvalue weighted by atomic mass is 10.0. The first-order valence-corrected chi connectivity index (χ1v) is 37.8. The predicted octanol–water partition coefficient (Wildman–Crippen LogP) is 24.7. The van der Waals surface area contributed by atoms with Crippen molar-refractivity contribution in [1.82, 2.24) is 5.32 Å². The second-order valence-corrected chi connectivity index (χ2v) is 26.0. The number of nitrogens with one attached hydrogen (secondary N) is 1. The van der Waals surface area contributed by atoms with Crippen molar-refractivity contribution in [3.8, 4) is 0 Å². The lowest BCUT2D eigenvalue weighted by molar-refractivity contribution is -0.143. The van der Waals surface area contributed by atoms with Crippen LogP contribution in [0.3, 0.4) is 0 Å². The Balaban J connectivity index is 3.34. The number of carbonyl (C=O) groups excluding carboxylic acids is 2. The molecule has 0 fully saturated rings. The number of carbonyl (C=O) groups is 2. The van der Waals surface area contributed by atoms with E-state index in [1.165, 1.54) is 347 Å². The van der Waals surface area contributed by atoms with E-state index in [1.807, 2.05) is 6.08 Å². The number of ether oxygens (including phenoxy) is 1. The highest BCUT2D eigenvalue weighted by Crippen LogP contribution is 2.19. The Morgan fingerprint density at radius 2 is 0.602 bits per heavy atom. The topological polar surface area (TPSA) is 95.9 Å². The normalized spacial score (nSPS) is 12.7. The molecule has 0 bridgehead atoms. The average molecular weight is 1170 g/mol. The number of unbranched alkanes of at least 4 members (excludes halogenated alkanes) is 56. The van der Waals surface area contributed by atoms with Crippen molar-refractivity contribution >= 4 is 11.9 Å². The predicted molar refractivity (Wildman–Crippen MR) is 366 cm³/mol. The van der Waals surface area contributed by atoms with Gasteiger partial charge in [-0.05, 0) is 64.2 Å². The highest BCUT2D eigenvalue weighted by molar-refractivity contribution is 5.76. The number of amides is 1. The van der Waals surface area contributed by atoms with Crippen LogP contribution in [0.5, 0.6) is 0 Å². The van der Waals surface area contributed by atoms with E-state index < -0.39 is 12.1 Å². The van der Waals surface area contributed by atoms with Crippen molar-refractivity contribution in [3.63, 3.8) is 0 Å². The summed E-state index contributed by atoms with van der Waals surface area (Å²) in [6, 6.07) is -0.624. The number of allylic oxidation sites excluding steroid dienone is 5. The molecule has 0 aromatic carbocycles. The molecular weight excluding hydrogens is 1020 g/mol. The summed E-state index contributed by atoms with van der Waals surface area (Å²) in [7, 11) is 0. The fourth-order valence-electron chi connectivity index (χ4n) is 11.9. The highest BCUT2D eigenvalue weighted by atomic mass is 16.5. The number of hydrogen-bond donors (Lipinski definition) is 3. The Labute approximate surface area is 519 Å². The van der Waals surface area contributed by atoms with Crippen molar-refractivity contribution in [2.24, 2.45) is 0 Å². The van der Waals surface area contributed by atoms with Gasteiger partial charge in [-0.1, -0.05) is 378 Å². The SMILES string of the molecule is CCCCCCCCCCC/C=C/C(O)C(CO)NC(=O)CCCCCCCCCCCCCCCCCCC/C=C\C/C=C\CCCCCCCCCCCCCCCOC(=O)CCCCCCCCCCCCCCCCCCCC. The monoisotopic (exact) mass is 1170 g/mol. The zero-order valence-corrected chi connectivity index (χ0v) is 56.2. The number of esters is 1. The minimum absolute atomic E-state index is 0.0235. The van der Waals surface area contributed by atoms with Crippen LogP contribution in [-0.2, 0) is 14.3 Å². The van der Waals surface area contributed by atoms with Gasteiger partial charge in [-0.25, -0.2) is 0 Å². The zero-order valence-electron chi connectivity index (χ0n) is 56.2. The Morgan fingerprint density at radius 3 is 0.916 bits per heavy atom. The third-order valence-electron chi connectivity index (χ3n) is 17.7. The Morgan fingerprint density at radius 1 is 0.337 bits per heavy atom. The smallest absolute Gasteiger partial charge is 0.305 e. The van der Waals surface area contributed by atoms with Gasteiger partial charge in [0.15, 0.2) is 0 Å². The van der Waals surface area contributed by atoms with Crippen LogP contribution in [0.4, 0.5) is 0 Å². The molecule has 3 N–H and O–H groups in total. The summed E-state index contributed by atoms with van der Waals surface area (Å²) in [4.78, 5) is 24.6. The lowest BCUT2D eigenvalue weighted by Gasteiger charge is -2.20. The number of rotatable bonds is 71. The van der Waals surface area contributed by atoms with Gasteiger partial charge < -0.3 is 20.3 Å². The number of hydrogen-bond acceptors (Lipinski definition) is 5. The van der Waals surface area contributed by atoms with Crippen molar-refractivity contribution in [2.75, 3.05) is 13.2 Å². The first-order valence-electron chi connectivity index (χ1n) is 37.8. The summed E-state index contributed by atoms with van der Waals surface area (Å²) in [6.45, 7) is 4.93. The Kier molecular flexibility index (Phi) is 70.9. The molecule has 0 radical (unpaired) electrons. The van der Waals surface area contributed by atoms with E-state index >= 15 is 0 Å². The van der Waals surface area contributed by atoms with Gasteiger partial charge in [0.25, 0.3) is 0 Å². The molecule has 490 valence electrons. The van der Waals surface area contributed by atoms with E-state index in [1.54, 1.807) is 6.08 Å². The van der Waals surface area contributed by atoms with Crippen LogP contribution in [-0.4, -0.2) is 47.4 Å². The maximum absolute atomic E-state index is 12.4. The van der Waals surface area contributed by atoms with E-state index in [0.717, 1.165) is 44.9 Å². The molecule has 0 saturated heterocycles. The second-order valence-electron chi connectivity index (χ2n) is 26.0. The molecule has 0 heterocycles. The lowest BCUT2D eigenvalue weighted by Crippen LogP contribution is -2.45. The largest absolute Gasteiger partial charge is 0.466 e. The molecule has 2 unspecified atom stereocenters. The first kappa shape index (κ1) is 81.1. The third-order valence-corrected chi connectivity index (χ3v) is 17.7. The van der Waals surface area contributed by atoms with Crippen LogP contribution in [0.1, 0.15) is 418 Å². The van der Waals surface area contributed by atoms with Crippen LogP contribution < -0.4 is 5.32 Å². The van der Waals surface area contributed by atoms with E-state index in [0.29, 0.717) is 19.4 Å². The molecule has 0 aliphatic heterocycles. The molecule has 0 aromatic heterocycles. The van der Waals surface area contributed by atoms with E-state index in [-0.39, 0.29) is 18.5 Å². The fourth-order valence-corrected chi connectivity index (χ4v) is 11.9. The standard InChI is InChI=1S/C77H147NO5/c1-3-5-7-9-11-13-15-16-17-18-41-44-47-51-55-59-63-67-71-77(82)83-72-68-64-60-56-52-48-45-42-39-37-35-33-31-29-27-25-23-21-19-20-22-24-26-28-30-32-34-36-38-40-43-46-50-54-58-62-66-70-76(81)78-74(73-79)75(80)69-65-61-57-53-49-14-12-10-8-6-4-2/h19,21,25,27,65,69,74-75,79-80H,3-18,20,22-24,26,28-64,66-68,70-73H2,1-2H3,(H,78,81)/b21-19-,27-25-,69-65+. The van der Waals surface area contributed by atoms with Crippen molar-refractivity contribution < 1.29 is 24.5 Å². The molecule has 0 saturated carbocycles. The summed E-state index contributed by atoms with van der Waals surface area (Å²) < 4.78 is 5.51.